The maximum absolute atomic E-state index is 13.0. The van der Waals surface area contributed by atoms with Crippen molar-refractivity contribution in [2.45, 2.75) is 38.0 Å². The molecule has 2 fully saturated rings. The van der Waals surface area contributed by atoms with E-state index in [-0.39, 0.29) is 5.92 Å². The molecule has 2 aliphatic heterocycles. The molecule has 1 aromatic carbocycles. The maximum Gasteiger partial charge on any atom is 0.226 e. The SMILES string of the molecule is COc1ccc(C2CCCCN(C(=O)C3CCCN(C)C3)C2)cc1. The Morgan fingerprint density at radius 2 is 1.83 bits per heavy atom. The quantitative estimate of drug-likeness (QED) is 0.853. The highest BCUT2D eigenvalue weighted by Crippen LogP contribution is 2.29. The first-order valence-electron chi connectivity index (χ1n) is 9.28. The first-order valence-corrected chi connectivity index (χ1v) is 9.28. The summed E-state index contributed by atoms with van der Waals surface area (Å²) < 4.78 is 5.26. The van der Waals surface area contributed by atoms with Gasteiger partial charge >= 0.3 is 0 Å². The summed E-state index contributed by atoms with van der Waals surface area (Å²) in [7, 11) is 3.82. The van der Waals surface area contributed by atoms with Gasteiger partial charge in [0.2, 0.25) is 5.91 Å². The summed E-state index contributed by atoms with van der Waals surface area (Å²) in [6.07, 6.45) is 5.68. The van der Waals surface area contributed by atoms with Crippen molar-refractivity contribution in [1.82, 2.24) is 9.80 Å². The average molecular weight is 330 g/mol. The van der Waals surface area contributed by atoms with Crippen molar-refractivity contribution in [1.29, 1.82) is 0 Å². The number of nitrogens with zero attached hydrogens (tertiary/aromatic N) is 2. The summed E-state index contributed by atoms with van der Waals surface area (Å²) in [6.45, 7) is 3.83. The molecule has 1 amide bonds. The molecule has 132 valence electrons. The van der Waals surface area contributed by atoms with Crippen LogP contribution in [0, 0.1) is 5.92 Å². The number of amides is 1. The Bertz CT molecular complexity index is 543. The third kappa shape index (κ3) is 4.10. The molecule has 24 heavy (non-hydrogen) atoms. The molecule has 2 saturated heterocycles. The van der Waals surface area contributed by atoms with Gasteiger partial charge in [-0.1, -0.05) is 18.6 Å². The van der Waals surface area contributed by atoms with E-state index in [9.17, 15) is 4.79 Å². The molecule has 4 nitrogen and oxygen atoms in total. The highest BCUT2D eigenvalue weighted by molar-refractivity contribution is 5.79. The fourth-order valence-electron chi connectivity index (χ4n) is 4.12. The number of piperidine rings is 1. The van der Waals surface area contributed by atoms with Gasteiger partial charge in [-0.25, -0.2) is 0 Å². The molecule has 0 spiro atoms. The maximum atomic E-state index is 13.0. The zero-order valence-corrected chi connectivity index (χ0v) is 15.0. The van der Waals surface area contributed by atoms with Gasteiger partial charge in [0.15, 0.2) is 0 Å². The smallest absolute Gasteiger partial charge is 0.226 e. The minimum absolute atomic E-state index is 0.193. The number of carbonyl (C=O) groups is 1. The highest BCUT2D eigenvalue weighted by Gasteiger charge is 2.30. The molecule has 2 unspecified atom stereocenters. The molecule has 1 aromatic rings. The third-order valence-corrected chi connectivity index (χ3v) is 5.54. The number of likely N-dealkylation sites (tertiary alicyclic amines) is 2. The van der Waals surface area contributed by atoms with Crippen molar-refractivity contribution in [3.63, 3.8) is 0 Å². The second kappa shape index (κ2) is 8.02. The number of carbonyl (C=O) groups excluding carboxylic acids is 1. The van der Waals surface area contributed by atoms with E-state index in [0.29, 0.717) is 11.8 Å². The van der Waals surface area contributed by atoms with Crippen molar-refractivity contribution < 1.29 is 9.53 Å². The number of hydrogen-bond donors (Lipinski definition) is 0. The summed E-state index contributed by atoms with van der Waals surface area (Å²) in [6, 6.07) is 8.38. The van der Waals surface area contributed by atoms with Crippen molar-refractivity contribution in [2.75, 3.05) is 40.3 Å². The minimum Gasteiger partial charge on any atom is -0.497 e. The molecule has 2 heterocycles. The van der Waals surface area contributed by atoms with Crippen molar-refractivity contribution in [3.8, 4) is 5.75 Å². The molecule has 0 N–H and O–H groups in total. The first kappa shape index (κ1) is 17.3. The molecule has 2 aliphatic rings. The average Bonchev–Trinajstić information content (AvgIpc) is 2.87. The van der Waals surface area contributed by atoms with Gasteiger partial charge in [0.05, 0.1) is 13.0 Å². The van der Waals surface area contributed by atoms with E-state index in [4.69, 9.17) is 4.74 Å². The standard InChI is InChI=1S/C20H30N2O2/c1-21-12-5-7-18(14-21)20(23)22-13-4-3-6-17(15-22)16-8-10-19(24-2)11-9-16/h8-11,17-18H,3-7,12-15H2,1-2H3. The molecule has 0 aromatic heterocycles. The van der Waals surface area contributed by atoms with Gasteiger partial charge in [0.1, 0.15) is 5.75 Å². The Kier molecular flexibility index (Phi) is 5.77. The third-order valence-electron chi connectivity index (χ3n) is 5.54. The molecule has 2 atom stereocenters. The number of hydrogen-bond acceptors (Lipinski definition) is 3. The lowest BCUT2D eigenvalue weighted by molar-refractivity contribution is -0.137. The van der Waals surface area contributed by atoms with Gasteiger partial charge in [0.25, 0.3) is 0 Å². The van der Waals surface area contributed by atoms with Crippen LogP contribution in [-0.2, 0) is 4.79 Å². The van der Waals surface area contributed by atoms with E-state index in [1.165, 1.54) is 18.4 Å². The Balaban J connectivity index is 1.68. The van der Waals surface area contributed by atoms with E-state index in [2.05, 4.69) is 29.0 Å². The van der Waals surface area contributed by atoms with Crippen LogP contribution in [-0.4, -0.2) is 56.0 Å². The summed E-state index contributed by atoms with van der Waals surface area (Å²) >= 11 is 0. The number of benzene rings is 1. The predicted molar refractivity (Wildman–Crippen MR) is 96.4 cm³/mol. The molecule has 0 radical (unpaired) electrons. The Labute approximate surface area is 145 Å². The van der Waals surface area contributed by atoms with E-state index < -0.39 is 0 Å². The van der Waals surface area contributed by atoms with Gasteiger partial charge < -0.3 is 14.5 Å². The van der Waals surface area contributed by atoms with Gasteiger partial charge in [-0.15, -0.1) is 0 Å². The zero-order valence-electron chi connectivity index (χ0n) is 15.0. The Morgan fingerprint density at radius 1 is 1.04 bits per heavy atom. The zero-order chi connectivity index (χ0) is 16.9. The normalized spacial score (nSPS) is 26.0. The van der Waals surface area contributed by atoms with Crippen LogP contribution < -0.4 is 4.74 Å². The summed E-state index contributed by atoms with van der Waals surface area (Å²) in [5.41, 5.74) is 1.33. The van der Waals surface area contributed by atoms with E-state index in [1.54, 1.807) is 7.11 Å². The van der Waals surface area contributed by atoms with Crippen LogP contribution in [0.25, 0.3) is 0 Å². The Morgan fingerprint density at radius 3 is 2.54 bits per heavy atom. The fourth-order valence-corrected chi connectivity index (χ4v) is 4.12. The molecular weight excluding hydrogens is 300 g/mol. The van der Waals surface area contributed by atoms with E-state index >= 15 is 0 Å². The van der Waals surface area contributed by atoms with Gasteiger partial charge in [-0.2, -0.15) is 0 Å². The van der Waals surface area contributed by atoms with Gasteiger partial charge in [0, 0.05) is 25.6 Å². The van der Waals surface area contributed by atoms with Crippen LogP contribution >= 0.6 is 0 Å². The van der Waals surface area contributed by atoms with Gasteiger partial charge in [-0.3, -0.25) is 4.79 Å². The van der Waals surface area contributed by atoms with Crippen molar-refractivity contribution >= 4 is 5.91 Å². The van der Waals surface area contributed by atoms with E-state index in [1.807, 2.05) is 12.1 Å². The van der Waals surface area contributed by atoms with Crippen LogP contribution in [0.2, 0.25) is 0 Å². The van der Waals surface area contributed by atoms with Crippen molar-refractivity contribution in [2.24, 2.45) is 5.92 Å². The predicted octanol–water partition coefficient (Wildman–Crippen LogP) is 3.13. The largest absolute Gasteiger partial charge is 0.497 e. The monoisotopic (exact) mass is 330 g/mol. The lowest BCUT2D eigenvalue weighted by Crippen LogP contribution is -2.44. The van der Waals surface area contributed by atoms with Crippen LogP contribution in [0.5, 0.6) is 5.75 Å². The second-order valence-corrected chi connectivity index (χ2v) is 7.35. The van der Waals surface area contributed by atoms with Gasteiger partial charge in [-0.05, 0) is 57.0 Å². The number of ether oxygens (including phenoxy) is 1. The van der Waals surface area contributed by atoms with Crippen LogP contribution in [0.4, 0.5) is 0 Å². The minimum atomic E-state index is 0.193. The first-order chi connectivity index (χ1) is 11.7. The van der Waals surface area contributed by atoms with Crippen LogP contribution in [0.15, 0.2) is 24.3 Å². The summed E-state index contributed by atoms with van der Waals surface area (Å²) in [5.74, 6) is 1.91. The summed E-state index contributed by atoms with van der Waals surface area (Å²) in [5, 5.41) is 0. The lowest BCUT2D eigenvalue weighted by Gasteiger charge is -2.33. The van der Waals surface area contributed by atoms with E-state index in [0.717, 1.165) is 51.2 Å². The molecule has 0 aliphatic carbocycles. The number of methoxy groups -OCH3 is 1. The topological polar surface area (TPSA) is 32.8 Å². The molecular formula is C20H30N2O2. The van der Waals surface area contributed by atoms with Crippen molar-refractivity contribution in [3.05, 3.63) is 29.8 Å². The molecule has 0 bridgehead atoms. The molecule has 3 rings (SSSR count). The second-order valence-electron chi connectivity index (χ2n) is 7.35. The number of rotatable bonds is 3. The lowest BCUT2D eigenvalue weighted by atomic mass is 9.93. The fraction of sp³-hybridized carbons (Fsp3) is 0.650. The summed E-state index contributed by atoms with van der Waals surface area (Å²) in [4.78, 5) is 17.4. The molecule has 0 saturated carbocycles. The Hall–Kier alpha value is -1.55. The molecule has 4 heteroatoms. The van der Waals surface area contributed by atoms with Crippen LogP contribution in [0.1, 0.15) is 43.6 Å². The van der Waals surface area contributed by atoms with Crippen LogP contribution in [0.3, 0.4) is 0 Å². The highest BCUT2D eigenvalue weighted by atomic mass is 16.5.